The van der Waals surface area contributed by atoms with Crippen LogP contribution in [0.3, 0.4) is 0 Å². The second-order valence-corrected chi connectivity index (χ2v) is 4.99. The van der Waals surface area contributed by atoms with E-state index < -0.39 is 0 Å². The summed E-state index contributed by atoms with van der Waals surface area (Å²) in [5, 5.41) is 12.2. The summed E-state index contributed by atoms with van der Waals surface area (Å²) in [4.78, 5) is 5.17. The normalized spacial score (nSPS) is 12.4. The van der Waals surface area contributed by atoms with E-state index in [1.54, 1.807) is 24.2 Å². The summed E-state index contributed by atoms with van der Waals surface area (Å²) in [5.41, 5.74) is 0. The van der Waals surface area contributed by atoms with Crippen molar-refractivity contribution in [1.29, 1.82) is 5.26 Å². The molecule has 1 rings (SSSR count). The summed E-state index contributed by atoms with van der Waals surface area (Å²) >= 11 is 1.76. The highest BCUT2D eigenvalue weighted by atomic mass is 32.2. The van der Waals surface area contributed by atoms with Gasteiger partial charge in [0, 0.05) is 29.1 Å². The molecule has 0 aliphatic heterocycles. The van der Waals surface area contributed by atoms with Crippen LogP contribution in [0.4, 0.5) is 0 Å². The van der Waals surface area contributed by atoms with Crippen molar-refractivity contribution in [3.63, 3.8) is 0 Å². The Hall–Kier alpha value is -1.05. The third-order valence-electron chi connectivity index (χ3n) is 2.02. The van der Waals surface area contributed by atoms with Crippen molar-refractivity contribution >= 4 is 11.8 Å². The SMILES string of the molecule is CC(C)NC(C#N)CCSc1ccncc1. The predicted molar refractivity (Wildman–Crippen MR) is 67.3 cm³/mol. The smallest absolute Gasteiger partial charge is 0.0962 e. The number of nitriles is 1. The number of thioether (sulfide) groups is 1. The minimum Gasteiger partial charge on any atom is -0.300 e. The fraction of sp³-hybridized carbons (Fsp3) is 0.500. The van der Waals surface area contributed by atoms with Gasteiger partial charge in [-0.1, -0.05) is 0 Å². The summed E-state index contributed by atoms with van der Waals surface area (Å²) in [6.07, 6.45) is 4.44. The third kappa shape index (κ3) is 5.15. The quantitative estimate of drug-likeness (QED) is 0.769. The lowest BCUT2D eigenvalue weighted by molar-refractivity contribution is 0.522. The van der Waals surface area contributed by atoms with E-state index in [0.717, 1.165) is 12.2 Å². The minimum atomic E-state index is -0.0469. The number of rotatable bonds is 6. The van der Waals surface area contributed by atoms with Crippen molar-refractivity contribution < 1.29 is 0 Å². The fourth-order valence-electron chi connectivity index (χ4n) is 1.32. The molecule has 3 nitrogen and oxygen atoms in total. The molecule has 1 N–H and O–H groups in total. The molecule has 0 fully saturated rings. The molecule has 0 aliphatic carbocycles. The monoisotopic (exact) mass is 235 g/mol. The van der Waals surface area contributed by atoms with E-state index in [-0.39, 0.29) is 6.04 Å². The maximum absolute atomic E-state index is 8.94. The molecule has 0 spiro atoms. The molecule has 0 amide bonds. The van der Waals surface area contributed by atoms with Crippen LogP contribution in [0.15, 0.2) is 29.4 Å². The average molecular weight is 235 g/mol. The fourth-order valence-corrected chi connectivity index (χ4v) is 2.22. The van der Waals surface area contributed by atoms with E-state index in [9.17, 15) is 0 Å². The lowest BCUT2D eigenvalue weighted by Crippen LogP contribution is -2.33. The minimum absolute atomic E-state index is 0.0469. The predicted octanol–water partition coefficient (Wildman–Crippen LogP) is 2.45. The number of pyridine rings is 1. The summed E-state index contributed by atoms with van der Waals surface area (Å²) in [5.74, 6) is 0.946. The van der Waals surface area contributed by atoms with Gasteiger partial charge in [-0.25, -0.2) is 0 Å². The number of nitrogens with zero attached hydrogens (tertiary/aromatic N) is 2. The third-order valence-corrected chi connectivity index (χ3v) is 3.06. The standard InChI is InChI=1S/C12H17N3S/c1-10(2)15-11(9-13)5-8-16-12-3-6-14-7-4-12/h3-4,6-7,10-11,15H,5,8H2,1-2H3. The van der Waals surface area contributed by atoms with E-state index in [4.69, 9.17) is 5.26 Å². The van der Waals surface area contributed by atoms with Gasteiger partial charge in [0.1, 0.15) is 0 Å². The van der Waals surface area contributed by atoms with E-state index in [1.165, 1.54) is 4.90 Å². The van der Waals surface area contributed by atoms with Crippen LogP contribution in [-0.2, 0) is 0 Å². The first kappa shape index (κ1) is 13.0. The van der Waals surface area contributed by atoms with Crippen molar-refractivity contribution in [1.82, 2.24) is 10.3 Å². The maximum atomic E-state index is 8.94. The zero-order valence-electron chi connectivity index (χ0n) is 9.68. The summed E-state index contributed by atoms with van der Waals surface area (Å²) in [7, 11) is 0. The van der Waals surface area contributed by atoms with Crippen LogP contribution in [-0.4, -0.2) is 22.8 Å². The molecule has 0 bridgehead atoms. The van der Waals surface area contributed by atoms with Crippen LogP contribution in [0.1, 0.15) is 20.3 Å². The molecular weight excluding hydrogens is 218 g/mol. The first-order valence-corrected chi connectivity index (χ1v) is 6.39. The molecule has 4 heteroatoms. The number of hydrogen-bond acceptors (Lipinski definition) is 4. The highest BCUT2D eigenvalue weighted by molar-refractivity contribution is 7.99. The van der Waals surface area contributed by atoms with E-state index >= 15 is 0 Å². The van der Waals surface area contributed by atoms with Gasteiger partial charge < -0.3 is 0 Å². The van der Waals surface area contributed by atoms with Crippen molar-refractivity contribution in [2.75, 3.05) is 5.75 Å². The van der Waals surface area contributed by atoms with Gasteiger partial charge in [0.25, 0.3) is 0 Å². The highest BCUT2D eigenvalue weighted by Gasteiger charge is 2.07. The van der Waals surface area contributed by atoms with Crippen LogP contribution >= 0.6 is 11.8 Å². The molecule has 1 aromatic heterocycles. The molecule has 0 saturated heterocycles. The van der Waals surface area contributed by atoms with Gasteiger partial charge in [0.05, 0.1) is 12.1 Å². The number of nitrogens with one attached hydrogen (secondary N) is 1. The zero-order chi connectivity index (χ0) is 11.8. The van der Waals surface area contributed by atoms with Crippen LogP contribution in [0.5, 0.6) is 0 Å². The second-order valence-electron chi connectivity index (χ2n) is 3.82. The van der Waals surface area contributed by atoms with Gasteiger partial charge in [-0.05, 0) is 32.4 Å². The molecule has 1 unspecified atom stereocenters. The Bertz CT molecular complexity index is 332. The van der Waals surface area contributed by atoms with Crippen molar-refractivity contribution in [3.05, 3.63) is 24.5 Å². The molecule has 0 saturated carbocycles. The average Bonchev–Trinajstić information content (AvgIpc) is 2.28. The first-order valence-electron chi connectivity index (χ1n) is 5.41. The Kier molecular flexibility index (Phi) is 5.91. The molecule has 1 atom stereocenters. The van der Waals surface area contributed by atoms with Gasteiger partial charge in [-0.2, -0.15) is 5.26 Å². The Balaban J connectivity index is 2.27. The second kappa shape index (κ2) is 7.26. The van der Waals surface area contributed by atoms with Crippen molar-refractivity contribution in [3.8, 4) is 6.07 Å². The summed E-state index contributed by atoms with van der Waals surface area (Å²) in [6.45, 7) is 4.11. The first-order chi connectivity index (χ1) is 7.72. The largest absolute Gasteiger partial charge is 0.300 e. The lowest BCUT2D eigenvalue weighted by atomic mass is 10.2. The topological polar surface area (TPSA) is 48.7 Å². The van der Waals surface area contributed by atoms with Gasteiger partial charge in [-0.15, -0.1) is 11.8 Å². The molecule has 16 heavy (non-hydrogen) atoms. The van der Waals surface area contributed by atoms with Crippen molar-refractivity contribution in [2.24, 2.45) is 0 Å². The number of aromatic nitrogens is 1. The molecular formula is C12H17N3S. The van der Waals surface area contributed by atoms with Gasteiger partial charge >= 0.3 is 0 Å². The molecule has 0 radical (unpaired) electrons. The van der Waals surface area contributed by atoms with Crippen LogP contribution in [0, 0.1) is 11.3 Å². The molecule has 0 aliphatic rings. The van der Waals surface area contributed by atoms with Crippen LogP contribution in [0.25, 0.3) is 0 Å². The van der Waals surface area contributed by atoms with Crippen molar-refractivity contribution in [2.45, 2.75) is 37.2 Å². The Labute approximate surface area is 101 Å². The van der Waals surface area contributed by atoms with E-state index in [1.807, 2.05) is 12.1 Å². The molecule has 1 heterocycles. The zero-order valence-corrected chi connectivity index (χ0v) is 10.5. The molecule has 86 valence electrons. The van der Waals surface area contributed by atoms with Crippen LogP contribution < -0.4 is 5.32 Å². The lowest BCUT2D eigenvalue weighted by Gasteiger charge is -2.13. The Morgan fingerprint density at radius 3 is 2.69 bits per heavy atom. The Morgan fingerprint density at radius 1 is 1.44 bits per heavy atom. The molecule has 1 aromatic rings. The highest BCUT2D eigenvalue weighted by Crippen LogP contribution is 2.17. The van der Waals surface area contributed by atoms with E-state index in [2.05, 4.69) is 30.2 Å². The molecule has 0 aromatic carbocycles. The number of hydrogen-bond donors (Lipinski definition) is 1. The van der Waals surface area contributed by atoms with Gasteiger partial charge in [0.2, 0.25) is 0 Å². The maximum Gasteiger partial charge on any atom is 0.0962 e. The van der Waals surface area contributed by atoms with Crippen LogP contribution in [0.2, 0.25) is 0 Å². The van der Waals surface area contributed by atoms with Gasteiger partial charge in [0.15, 0.2) is 0 Å². The van der Waals surface area contributed by atoms with E-state index in [0.29, 0.717) is 6.04 Å². The summed E-state index contributed by atoms with van der Waals surface area (Å²) < 4.78 is 0. The summed E-state index contributed by atoms with van der Waals surface area (Å²) in [6, 6.07) is 6.57. The van der Waals surface area contributed by atoms with Gasteiger partial charge in [-0.3, -0.25) is 10.3 Å². The Morgan fingerprint density at radius 2 is 2.12 bits per heavy atom.